The minimum atomic E-state index is 0.839. The maximum Gasteiger partial charge on any atom is 0.255 e. The van der Waals surface area contributed by atoms with Gasteiger partial charge in [-0.3, -0.25) is 4.57 Å². The zero-order chi connectivity index (χ0) is 27.2. The normalized spacial score (nSPS) is 11.5. The van der Waals surface area contributed by atoms with Gasteiger partial charge in [0.1, 0.15) is 17.2 Å². The van der Waals surface area contributed by atoms with Gasteiger partial charge in [0.15, 0.2) is 11.0 Å². The molecule has 0 bridgehead atoms. The van der Waals surface area contributed by atoms with Crippen molar-refractivity contribution in [3.05, 3.63) is 163 Å². The van der Waals surface area contributed by atoms with E-state index >= 15 is 0 Å². The van der Waals surface area contributed by atoms with E-state index in [1.807, 2.05) is 18.3 Å². The molecule has 0 atom stereocenters. The number of nitrogens with zero attached hydrogens (tertiary/aromatic N) is 4. The zero-order valence-electron chi connectivity index (χ0n) is 22.4. The summed E-state index contributed by atoms with van der Waals surface area (Å²) in [5.41, 5.74) is 9.54. The lowest BCUT2D eigenvalue weighted by molar-refractivity contribution is -0.567. The maximum atomic E-state index is 4.69. The second-order valence-corrected chi connectivity index (χ2v) is 10.4. The average Bonchev–Trinajstić information content (AvgIpc) is 3.58. The number of hydrogen-bond acceptors (Lipinski definition) is 1. The van der Waals surface area contributed by atoms with Gasteiger partial charge in [-0.2, -0.15) is 9.13 Å². The van der Waals surface area contributed by atoms with Crippen LogP contribution in [-0.2, 0) is 6.42 Å². The van der Waals surface area contributed by atoms with E-state index in [0.29, 0.717) is 0 Å². The highest BCUT2D eigenvalue weighted by Gasteiger charge is 2.19. The van der Waals surface area contributed by atoms with Crippen LogP contribution in [-0.4, -0.2) is 14.1 Å². The number of benzene rings is 5. The van der Waals surface area contributed by atoms with Gasteiger partial charge in [-0.25, -0.2) is 4.98 Å². The average molecular weight is 528 g/mol. The number of aromatic nitrogens is 4. The molecule has 41 heavy (non-hydrogen) atoms. The van der Waals surface area contributed by atoms with E-state index in [9.17, 15) is 0 Å². The Morgan fingerprint density at radius 3 is 2.20 bits per heavy atom. The molecule has 0 saturated heterocycles. The second kappa shape index (κ2) is 9.61. The van der Waals surface area contributed by atoms with Crippen molar-refractivity contribution >= 4 is 32.8 Å². The van der Waals surface area contributed by atoms with Crippen molar-refractivity contribution in [2.45, 2.75) is 6.42 Å². The molecule has 8 aromatic rings. The summed E-state index contributed by atoms with van der Waals surface area (Å²) in [7, 11) is 0. The molecular weight excluding hydrogens is 500 g/mol. The summed E-state index contributed by atoms with van der Waals surface area (Å²) in [6.07, 6.45) is 4.89. The Balaban J connectivity index is 1.21. The molecule has 0 aliphatic rings. The van der Waals surface area contributed by atoms with E-state index < -0.39 is 0 Å². The van der Waals surface area contributed by atoms with Crippen LogP contribution in [0, 0.1) is 0 Å². The van der Waals surface area contributed by atoms with E-state index in [2.05, 4.69) is 152 Å². The third kappa shape index (κ3) is 4.00. The highest BCUT2D eigenvalue weighted by Crippen LogP contribution is 2.32. The monoisotopic (exact) mass is 527 g/mol. The summed E-state index contributed by atoms with van der Waals surface area (Å²) in [5.74, 6) is 0.934. The van der Waals surface area contributed by atoms with E-state index in [1.165, 1.54) is 44.0 Å². The number of pyridine rings is 1. The maximum absolute atomic E-state index is 4.69. The first-order valence-electron chi connectivity index (χ1n) is 13.9. The lowest BCUT2D eigenvalue weighted by atomic mass is 10.0. The Kier molecular flexibility index (Phi) is 5.49. The molecule has 8 rings (SSSR count). The van der Waals surface area contributed by atoms with Crippen molar-refractivity contribution < 1.29 is 4.57 Å². The van der Waals surface area contributed by atoms with E-state index in [1.54, 1.807) is 0 Å². The summed E-state index contributed by atoms with van der Waals surface area (Å²) < 4.78 is 6.82. The third-order valence-corrected chi connectivity index (χ3v) is 7.88. The second-order valence-electron chi connectivity index (χ2n) is 10.4. The molecule has 0 saturated carbocycles. The predicted molar refractivity (Wildman–Crippen MR) is 166 cm³/mol. The molecule has 3 heterocycles. The third-order valence-electron chi connectivity index (χ3n) is 7.88. The Hall–Kier alpha value is -5.48. The van der Waals surface area contributed by atoms with Crippen LogP contribution in [0.1, 0.15) is 11.1 Å². The summed E-state index contributed by atoms with van der Waals surface area (Å²) >= 11 is 0. The van der Waals surface area contributed by atoms with Gasteiger partial charge in [0.25, 0.3) is 6.33 Å². The first-order valence-corrected chi connectivity index (χ1v) is 13.9. The highest BCUT2D eigenvalue weighted by molar-refractivity contribution is 6.09. The molecule has 0 unspecified atom stereocenters. The van der Waals surface area contributed by atoms with Crippen molar-refractivity contribution in [3.63, 3.8) is 0 Å². The van der Waals surface area contributed by atoms with E-state index in [4.69, 9.17) is 0 Å². The van der Waals surface area contributed by atoms with Crippen LogP contribution < -0.4 is 4.57 Å². The molecule has 0 aliphatic carbocycles. The van der Waals surface area contributed by atoms with Gasteiger partial charge in [-0.05, 0) is 78.2 Å². The van der Waals surface area contributed by atoms with Crippen molar-refractivity contribution in [3.8, 4) is 17.2 Å². The van der Waals surface area contributed by atoms with Crippen LogP contribution in [0.3, 0.4) is 0 Å². The Bertz CT molecular complexity index is 2170. The van der Waals surface area contributed by atoms with Crippen LogP contribution in [0.4, 0.5) is 0 Å². The van der Waals surface area contributed by atoms with Crippen LogP contribution in [0.5, 0.6) is 0 Å². The molecule has 0 spiro atoms. The standard InChI is InChI=1S/C37H27N4/c1-2-12-29(13-3-1)39-26-40(35-18-7-6-17-34(35)39)30-14-10-11-27(24-30)23-28-20-21-32-31-15-4-5-16-33(31)41(36(32)25-28)37-19-8-9-22-38-37/h1-22,24-26H,23H2/q+1. The molecule has 0 fully saturated rings. The Labute approximate surface area is 238 Å². The minimum absolute atomic E-state index is 0.839. The van der Waals surface area contributed by atoms with Gasteiger partial charge in [-0.15, -0.1) is 0 Å². The molecule has 3 aromatic heterocycles. The number of hydrogen-bond donors (Lipinski definition) is 0. The minimum Gasteiger partial charge on any atom is -0.294 e. The van der Waals surface area contributed by atoms with Gasteiger partial charge < -0.3 is 0 Å². The molecule has 0 aliphatic heterocycles. The fourth-order valence-electron chi connectivity index (χ4n) is 6.02. The summed E-state index contributed by atoms with van der Waals surface area (Å²) in [4.78, 5) is 4.69. The van der Waals surface area contributed by atoms with E-state index in [-0.39, 0.29) is 0 Å². The molecule has 4 nitrogen and oxygen atoms in total. The highest BCUT2D eigenvalue weighted by atomic mass is 15.1. The smallest absolute Gasteiger partial charge is 0.255 e. The van der Waals surface area contributed by atoms with E-state index in [0.717, 1.165) is 23.6 Å². The quantitative estimate of drug-likeness (QED) is 0.208. The van der Waals surface area contributed by atoms with Crippen LogP contribution >= 0.6 is 0 Å². The number of imidazole rings is 1. The zero-order valence-corrected chi connectivity index (χ0v) is 22.4. The van der Waals surface area contributed by atoms with Crippen molar-refractivity contribution in [2.24, 2.45) is 0 Å². The molecule has 0 amide bonds. The lowest BCUT2D eigenvalue weighted by Crippen LogP contribution is -2.28. The molecule has 4 heteroatoms. The predicted octanol–water partition coefficient (Wildman–Crippen LogP) is 7.99. The Morgan fingerprint density at radius 2 is 1.32 bits per heavy atom. The summed E-state index contributed by atoms with van der Waals surface area (Å²) in [6, 6.07) is 49.5. The molecule has 194 valence electrons. The van der Waals surface area contributed by atoms with Gasteiger partial charge >= 0.3 is 0 Å². The van der Waals surface area contributed by atoms with Crippen LogP contribution in [0.2, 0.25) is 0 Å². The topological polar surface area (TPSA) is 26.6 Å². The fourth-order valence-corrected chi connectivity index (χ4v) is 6.02. The number of para-hydroxylation sites is 4. The van der Waals surface area contributed by atoms with Gasteiger partial charge in [0.2, 0.25) is 0 Å². The van der Waals surface area contributed by atoms with Gasteiger partial charge in [0, 0.05) is 17.0 Å². The number of rotatable bonds is 5. The largest absolute Gasteiger partial charge is 0.294 e. The van der Waals surface area contributed by atoms with Crippen molar-refractivity contribution in [1.82, 2.24) is 14.1 Å². The number of fused-ring (bicyclic) bond motifs is 4. The van der Waals surface area contributed by atoms with Crippen LogP contribution in [0.25, 0.3) is 50.0 Å². The first kappa shape index (κ1) is 23.4. The summed E-state index contributed by atoms with van der Waals surface area (Å²) in [5, 5.41) is 2.49. The molecular formula is C37H27N4+. The molecule has 0 radical (unpaired) electrons. The lowest BCUT2D eigenvalue weighted by Gasteiger charge is -2.08. The molecule has 0 N–H and O–H groups in total. The van der Waals surface area contributed by atoms with Gasteiger partial charge in [-0.1, -0.05) is 78.9 Å². The fraction of sp³-hybridized carbons (Fsp3) is 0.0270. The van der Waals surface area contributed by atoms with Gasteiger partial charge in [0.05, 0.1) is 11.0 Å². The first-order chi connectivity index (χ1) is 20.3. The van der Waals surface area contributed by atoms with Crippen molar-refractivity contribution in [2.75, 3.05) is 0 Å². The van der Waals surface area contributed by atoms with Crippen molar-refractivity contribution in [1.29, 1.82) is 0 Å². The molecule has 5 aromatic carbocycles. The summed E-state index contributed by atoms with van der Waals surface area (Å²) in [6.45, 7) is 0. The SMILES string of the molecule is c1ccc(-[n+]2cn(-c3cccc(Cc4ccc5c6ccccc6n(-c6ccccn6)c5c4)c3)c3ccccc32)cc1. The van der Waals surface area contributed by atoms with Crippen LogP contribution in [0.15, 0.2) is 152 Å². The Morgan fingerprint density at radius 1 is 0.561 bits per heavy atom.